The predicted molar refractivity (Wildman–Crippen MR) is 107 cm³/mol. The molecule has 1 aromatic heterocycles. The van der Waals surface area contributed by atoms with Gasteiger partial charge >= 0.3 is 0 Å². The number of rotatable bonds is 7. The molecule has 2 rings (SSSR count). The highest BCUT2D eigenvalue weighted by Gasteiger charge is 2.04. The molecular formula is C18H29Cl2N3. The minimum absolute atomic E-state index is 0. The second-order valence-electron chi connectivity index (χ2n) is 5.64. The van der Waals surface area contributed by atoms with Gasteiger partial charge in [0, 0.05) is 23.3 Å². The first-order valence-corrected chi connectivity index (χ1v) is 7.98. The molecule has 130 valence electrons. The number of aromatic nitrogens is 1. The van der Waals surface area contributed by atoms with Crippen molar-refractivity contribution < 1.29 is 0 Å². The Balaban J connectivity index is 0.00000242. The predicted octanol–water partition coefficient (Wildman–Crippen LogP) is 4.84. The highest BCUT2D eigenvalue weighted by Crippen LogP contribution is 2.24. The van der Waals surface area contributed by atoms with Crippen molar-refractivity contribution in [3.05, 3.63) is 35.5 Å². The average Bonchev–Trinajstić information content (AvgIpc) is 2.48. The summed E-state index contributed by atoms with van der Waals surface area (Å²) in [7, 11) is 0. The highest BCUT2D eigenvalue weighted by atomic mass is 35.5. The van der Waals surface area contributed by atoms with Crippen molar-refractivity contribution in [2.24, 2.45) is 0 Å². The maximum absolute atomic E-state index is 4.61. The number of nitrogens with one attached hydrogen (secondary N) is 1. The lowest BCUT2D eigenvalue weighted by Crippen LogP contribution is -2.25. The third kappa shape index (κ3) is 6.17. The number of nitrogens with zero attached hydrogens (tertiary/aromatic N) is 2. The topological polar surface area (TPSA) is 28.2 Å². The average molecular weight is 358 g/mol. The normalized spacial score (nSPS) is 10.3. The van der Waals surface area contributed by atoms with E-state index in [1.54, 1.807) is 0 Å². The van der Waals surface area contributed by atoms with Crippen LogP contribution >= 0.6 is 24.8 Å². The van der Waals surface area contributed by atoms with Gasteiger partial charge in [-0.25, -0.2) is 0 Å². The van der Waals surface area contributed by atoms with E-state index in [9.17, 15) is 0 Å². The molecule has 0 fully saturated rings. The van der Waals surface area contributed by atoms with Gasteiger partial charge in [-0.3, -0.25) is 4.98 Å². The number of pyridine rings is 1. The van der Waals surface area contributed by atoms with Crippen molar-refractivity contribution in [1.82, 2.24) is 9.88 Å². The van der Waals surface area contributed by atoms with Crippen molar-refractivity contribution in [3.8, 4) is 0 Å². The Morgan fingerprint density at radius 2 is 1.74 bits per heavy atom. The van der Waals surface area contributed by atoms with E-state index in [0.717, 1.165) is 43.8 Å². The summed E-state index contributed by atoms with van der Waals surface area (Å²) in [5.74, 6) is 0. The molecule has 1 N–H and O–H groups in total. The van der Waals surface area contributed by atoms with Crippen LogP contribution in [0.1, 0.15) is 31.5 Å². The van der Waals surface area contributed by atoms with Crippen LogP contribution in [0.25, 0.3) is 10.9 Å². The fraction of sp³-hybridized carbons (Fsp3) is 0.500. The molecular weight excluding hydrogens is 329 g/mol. The lowest BCUT2D eigenvalue weighted by Gasteiger charge is -2.18. The first-order chi connectivity index (χ1) is 10.1. The zero-order chi connectivity index (χ0) is 15.2. The van der Waals surface area contributed by atoms with Crippen molar-refractivity contribution in [1.29, 1.82) is 0 Å². The van der Waals surface area contributed by atoms with Crippen molar-refractivity contribution in [2.45, 2.75) is 34.1 Å². The Hall–Kier alpha value is -1.03. The Morgan fingerprint density at radius 3 is 2.39 bits per heavy atom. The van der Waals surface area contributed by atoms with Crippen molar-refractivity contribution >= 4 is 41.4 Å². The summed E-state index contributed by atoms with van der Waals surface area (Å²) >= 11 is 0. The quantitative estimate of drug-likeness (QED) is 0.718. The van der Waals surface area contributed by atoms with Crippen molar-refractivity contribution in [2.75, 3.05) is 31.5 Å². The number of anilines is 1. The smallest absolute Gasteiger partial charge is 0.0726 e. The van der Waals surface area contributed by atoms with Gasteiger partial charge in [-0.2, -0.15) is 0 Å². The van der Waals surface area contributed by atoms with E-state index in [1.807, 2.05) is 0 Å². The van der Waals surface area contributed by atoms with Crippen LogP contribution in [0.3, 0.4) is 0 Å². The molecule has 0 aliphatic rings. The molecule has 0 saturated carbocycles. The van der Waals surface area contributed by atoms with E-state index in [4.69, 9.17) is 0 Å². The summed E-state index contributed by atoms with van der Waals surface area (Å²) in [5, 5.41) is 4.82. The molecule has 0 unspecified atom stereocenters. The molecule has 0 atom stereocenters. The van der Waals surface area contributed by atoms with Crippen LogP contribution < -0.4 is 5.32 Å². The lowest BCUT2D eigenvalue weighted by molar-refractivity contribution is 0.303. The van der Waals surface area contributed by atoms with E-state index in [-0.39, 0.29) is 24.8 Å². The zero-order valence-corrected chi connectivity index (χ0v) is 16.2. The monoisotopic (exact) mass is 357 g/mol. The van der Waals surface area contributed by atoms with Gasteiger partial charge in [0.05, 0.1) is 5.52 Å². The molecule has 0 radical (unpaired) electrons. The number of aryl methyl sites for hydroxylation is 2. The lowest BCUT2D eigenvalue weighted by atomic mass is 10.1. The van der Waals surface area contributed by atoms with Gasteiger partial charge < -0.3 is 10.2 Å². The van der Waals surface area contributed by atoms with E-state index in [0.29, 0.717) is 0 Å². The first-order valence-electron chi connectivity index (χ1n) is 7.98. The second-order valence-corrected chi connectivity index (χ2v) is 5.64. The van der Waals surface area contributed by atoms with Gasteiger partial charge in [0.15, 0.2) is 0 Å². The van der Waals surface area contributed by atoms with Gasteiger partial charge in [-0.1, -0.05) is 25.5 Å². The van der Waals surface area contributed by atoms with Crippen LogP contribution in [0.2, 0.25) is 0 Å². The van der Waals surface area contributed by atoms with E-state index < -0.39 is 0 Å². The minimum Gasteiger partial charge on any atom is -0.384 e. The molecule has 3 nitrogen and oxygen atoms in total. The first kappa shape index (κ1) is 22.0. The largest absolute Gasteiger partial charge is 0.384 e. The molecule has 23 heavy (non-hydrogen) atoms. The third-order valence-corrected chi connectivity index (χ3v) is 3.95. The molecule has 2 aromatic rings. The molecule has 0 saturated heterocycles. The van der Waals surface area contributed by atoms with Gasteiger partial charge in [-0.05, 0) is 58.1 Å². The fourth-order valence-electron chi connectivity index (χ4n) is 2.68. The Morgan fingerprint density at radius 1 is 1.04 bits per heavy atom. The van der Waals surface area contributed by atoms with Crippen LogP contribution in [-0.2, 0) is 0 Å². The van der Waals surface area contributed by atoms with Crippen molar-refractivity contribution in [3.63, 3.8) is 0 Å². The van der Waals surface area contributed by atoms with Crippen LogP contribution in [-0.4, -0.2) is 36.1 Å². The number of fused-ring (bicyclic) bond motifs is 1. The SMILES string of the molecule is CCN(CC)CCCNc1cc(C)nc2ccc(C)cc12.Cl.Cl. The summed E-state index contributed by atoms with van der Waals surface area (Å²) in [5.41, 5.74) is 4.63. The van der Waals surface area contributed by atoms with Gasteiger partial charge in [0.25, 0.3) is 0 Å². The number of hydrogen-bond donors (Lipinski definition) is 1. The van der Waals surface area contributed by atoms with Gasteiger partial charge in [0.2, 0.25) is 0 Å². The van der Waals surface area contributed by atoms with Crippen LogP contribution in [0.15, 0.2) is 24.3 Å². The third-order valence-electron chi connectivity index (χ3n) is 3.95. The molecule has 1 heterocycles. The Labute approximate surface area is 152 Å². The molecule has 0 amide bonds. The summed E-state index contributed by atoms with van der Waals surface area (Å²) < 4.78 is 0. The number of halogens is 2. The van der Waals surface area contributed by atoms with Crippen LogP contribution in [0.5, 0.6) is 0 Å². The minimum atomic E-state index is 0. The molecule has 0 bridgehead atoms. The van der Waals surface area contributed by atoms with Crippen LogP contribution in [0, 0.1) is 13.8 Å². The fourth-order valence-corrected chi connectivity index (χ4v) is 2.68. The van der Waals surface area contributed by atoms with E-state index >= 15 is 0 Å². The molecule has 0 spiro atoms. The summed E-state index contributed by atoms with van der Waals surface area (Å²) in [6.45, 7) is 13.0. The summed E-state index contributed by atoms with van der Waals surface area (Å²) in [6, 6.07) is 8.60. The van der Waals surface area contributed by atoms with E-state index in [1.165, 1.54) is 16.6 Å². The molecule has 0 aliphatic carbocycles. The van der Waals surface area contributed by atoms with Crippen LogP contribution in [0.4, 0.5) is 5.69 Å². The molecule has 5 heteroatoms. The molecule has 0 aliphatic heterocycles. The summed E-state index contributed by atoms with van der Waals surface area (Å²) in [4.78, 5) is 7.07. The van der Waals surface area contributed by atoms with Gasteiger partial charge in [-0.15, -0.1) is 24.8 Å². The second kappa shape index (κ2) is 10.7. The zero-order valence-electron chi connectivity index (χ0n) is 14.6. The molecule has 1 aromatic carbocycles. The summed E-state index contributed by atoms with van der Waals surface area (Å²) in [6.07, 6.45) is 1.16. The maximum Gasteiger partial charge on any atom is 0.0726 e. The maximum atomic E-state index is 4.61. The standard InChI is InChI=1S/C18H27N3.2ClH/c1-5-21(6-2)11-7-10-19-18-13-15(4)20-17-9-8-14(3)12-16(17)18;;/h8-9,12-13H,5-7,10-11H2,1-4H3,(H,19,20);2*1H. The number of benzene rings is 1. The Bertz CT molecular complexity index is 598. The number of hydrogen-bond acceptors (Lipinski definition) is 3. The van der Waals surface area contributed by atoms with E-state index in [2.05, 4.69) is 67.2 Å². The highest BCUT2D eigenvalue weighted by molar-refractivity contribution is 5.92. The van der Waals surface area contributed by atoms with Gasteiger partial charge in [0.1, 0.15) is 0 Å². The Kier molecular flexibility index (Phi) is 10.2.